The van der Waals surface area contributed by atoms with E-state index >= 15 is 0 Å². The van der Waals surface area contributed by atoms with Gasteiger partial charge >= 0.3 is 6.03 Å². The first kappa shape index (κ1) is 16.5. The van der Waals surface area contributed by atoms with E-state index in [1.54, 1.807) is 0 Å². The van der Waals surface area contributed by atoms with Gasteiger partial charge in [0, 0.05) is 30.2 Å². The minimum Gasteiger partial charge on any atom is -0.340 e. The third-order valence-corrected chi connectivity index (χ3v) is 4.33. The zero-order valence-corrected chi connectivity index (χ0v) is 14.2. The van der Waals surface area contributed by atoms with Crippen LogP contribution in [0.15, 0.2) is 66.9 Å². The molecule has 2 atom stereocenters. The third kappa shape index (κ3) is 3.82. The van der Waals surface area contributed by atoms with Crippen molar-refractivity contribution in [3.05, 3.63) is 72.6 Å². The van der Waals surface area contributed by atoms with Crippen molar-refractivity contribution in [2.24, 2.45) is 0 Å². The summed E-state index contributed by atoms with van der Waals surface area (Å²) in [6.07, 6.45) is 1.95. The van der Waals surface area contributed by atoms with Crippen LogP contribution in [0.2, 0.25) is 0 Å². The van der Waals surface area contributed by atoms with Gasteiger partial charge in [0.25, 0.3) is 0 Å². The number of amides is 2. The summed E-state index contributed by atoms with van der Waals surface area (Å²) in [5.41, 5.74) is 1.74. The minimum absolute atomic E-state index is 0.0460. The van der Waals surface area contributed by atoms with Gasteiger partial charge in [0.15, 0.2) is 6.35 Å². The highest BCUT2D eigenvalue weighted by molar-refractivity contribution is 5.89. The van der Waals surface area contributed by atoms with Crippen molar-refractivity contribution in [3.63, 3.8) is 0 Å². The molecule has 1 aromatic heterocycles. The number of para-hydroxylation sites is 1. The van der Waals surface area contributed by atoms with Gasteiger partial charge in [-0.2, -0.15) is 0 Å². The molecule has 2 unspecified atom stereocenters. The topological polar surface area (TPSA) is 75.3 Å². The Labute approximate surface area is 151 Å². The van der Waals surface area contributed by atoms with Crippen LogP contribution in [0.25, 0.3) is 10.8 Å². The van der Waals surface area contributed by atoms with Crippen LogP contribution >= 0.6 is 0 Å². The molecule has 1 saturated heterocycles. The highest BCUT2D eigenvalue weighted by Gasteiger charge is 2.26. The molecular weight excluding hydrogens is 328 g/mol. The van der Waals surface area contributed by atoms with E-state index in [0.717, 1.165) is 16.8 Å². The number of hydrogen-bond acceptors (Lipinski definition) is 4. The van der Waals surface area contributed by atoms with Crippen molar-refractivity contribution in [1.29, 1.82) is 0 Å². The van der Waals surface area contributed by atoms with Crippen molar-refractivity contribution in [2.75, 3.05) is 11.9 Å². The predicted octanol–water partition coefficient (Wildman–Crippen LogP) is 2.87. The molecule has 0 bridgehead atoms. The maximum Gasteiger partial charge on any atom is 0.322 e. The summed E-state index contributed by atoms with van der Waals surface area (Å²) < 4.78 is 5.90. The second kappa shape index (κ2) is 7.51. The molecule has 1 fully saturated rings. The summed E-state index contributed by atoms with van der Waals surface area (Å²) in [7, 11) is 0. The Balaban J connectivity index is 1.34. The number of urea groups is 1. The summed E-state index contributed by atoms with van der Waals surface area (Å²) in [5.74, 6) is 0. The van der Waals surface area contributed by atoms with E-state index < -0.39 is 6.35 Å². The van der Waals surface area contributed by atoms with Crippen LogP contribution in [0, 0.1) is 0 Å². The molecule has 0 saturated carbocycles. The predicted molar refractivity (Wildman–Crippen MR) is 101 cm³/mol. The lowest BCUT2D eigenvalue weighted by Crippen LogP contribution is -2.44. The molecule has 4 rings (SSSR count). The molecule has 1 aliphatic rings. The fraction of sp³-hybridized carbons (Fsp3) is 0.200. The number of carbonyl (C=O) groups excluding carboxylic acids is 1. The first-order valence-electron chi connectivity index (χ1n) is 8.62. The van der Waals surface area contributed by atoms with Crippen molar-refractivity contribution in [2.45, 2.75) is 18.9 Å². The number of carbonyl (C=O) groups is 1. The number of nitrogens with one attached hydrogen (secondary N) is 3. The number of rotatable bonds is 4. The van der Waals surface area contributed by atoms with Gasteiger partial charge < -0.3 is 10.1 Å². The summed E-state index contributed by atoms with van der Waals surface area (Å²) >= 11 is 0. The van der Waals surface area contributed by atoms with Crippen LogP contribution in [0.4, 0.5) is 10.5 Å². The van der Waals surface area contributed by atoms with Gasteiger partial charge in [0.1, 0.15) is 0 Å². The highest BCUT2D eigenvalue weighted by Crippen LogP contribution is 2.19. The molecule has 3 N–H and O–H groups in total. The van der Waals surface area contributed by atoms with Gasteiger partial charge in [-0.05, 0) is 23.6 Å². The Morgan fingerprint density at radius 2 is 1.92 bits per heavy atom. The normalized spacial score (nSPS) is 19.4. The standard InChI is InChI=1S/C20H20N4O2/c25-19(23-15-7-2-1-3-8-15)24-20-22-13-16(26-20)12-18-17-9-5-4-6-14(17)10-11-21-18/h1-11,16,20,22H,12-13H2,(H2,23,24,25). The number of fused-ring (bicyclic) bond motifs is 1. The van der Waals surface area contributed by atoms with E-state index in [0.29, 0.717) is 13.0 Å². The minimum atomic E-state index is -0.515. The number of hydrogen-bond donors (Lipinski definition) is 3. The zero-order valence-electron chi connectivity index (χ0n) is 14.2. The molecule has 26 heavy (non-hydrogen) atoms. The van der Waals surface area contributed by atoms with Gasteiger partial charge in [0.2, 0.25) is 0 Å². The van der Waals surface area contributed by atoms with Crippen molar-refractivity contribution in [1.82, 2.24) is 15.6 Å². The molecule has 6 heteroatoms. The first-order chi connectivity index (χ1) is 12.8. The van der Waals surface area contributed by atoms with E-state index in [4.69, 9.17) is 4.74 Å². The molecule has 2 aromatic carbocycles. The average molecular weight is 348 g/mol. The van der Waals surface area contributed by atoms with Gasteiger partial charge in [-0.25, -0.2) is 4.79 Å². The summed E-state index contributed by atoms with van der Waals surface area (Å²) in [6.45, 7) is 0.654. The monoisotopic (exact) mass is 348 g/mol. The van der Waals surface area contributed by atoms with Crippen LogP contribution in [0.1, 0.15) is 5.69 Å². The molecule has 1 aliphatic heterocycles. The quantitative estimate of drug-likeness (QED) is 0.678. The van der Waals surface area contributed by atoms with E-state index in [1.165, 1.54) is 5.39 Å². The third-order valence-electron chi connectivity index (χ3n) is 4.33. The van der Waals surface area contributed by atoms with E-state index in [1.807, 2.05) is 54.7 Å². The number of nitrogens with zero attached hydrogens (tertiary/aromatic N) is 1. The van der Waals surface area contributed by atoms with Crippen LogP contribution in [0.3, 0.4) is 0 Å². The van der Waals surface area contributed by atoms with Gasteiger partial charge in [-0.3, -0.25) is 15.6 Å². The fourth-order valence-electron chi connectivity index (χ4n) is 3.10. The lowest BCUT2D eigenvalue weighted by atomic mass is 10.1. The zero-order chi connectivity index (χ0) is 17.8. The van der Waals surface area contributed by atoms with Crippen molar-refractivity contribution in [3.8, 4) is 0 Å². The largest absolute Gasteiger partial charge is 0.340 e. The highest BCUT2D eigenvalue weighted by atomic mass is 16.5. The number of benzene rings is 2. The molecule has 0 aliphatic carbocycles. The van der Waals surface area contributed by atoms with Crippen LogP contribution in [-0.4, -0.2) is 30.0 Å². The van der Waals surface area contributed by atoms with Gasteiger partial charge in [0.05, 0.1) is 11.8 Å². The Bertz CT molecular complexity index is 895. The van der Waals surface area contributed by atoms with Crippen molar-refractivity contribution >= 4 is 22.5 Å². The van der Waals surface area contributed by atoms with Crippen LogP contribution in [0.5, 0.6) is 0 Å². The number of anilines is 1. The second-order valence-electron chi connectivity index (χ2n) is 6.19. The summed E-state index contributed by atoms with van der Waals surface area (Å²) in [6, 6.07) is 19.2. The second-order valence-corrected chi connectivity index (χ2v) is 6.19. The number of ether oxygens (including phenoxy) is 1. The molecule has 6 nitrogen and oxygen atoms in total. The maximum atomic E-state index is 12.1. The smallest absolute Gasteiger partial charge is 0.322 e. The molecule has 132 valence electrons. The number of aromatic nitrogens is 1. The maximum absolute atomic E-state index is 12.1. The Morgan fingerprint density at radius 3 is 2.81 bits per heavy atom. The molecule has 0 radical (unpaired) electrons. The Morgan fingerprint density at radius 1 is 1.12 bits per heavy atom. The first-order valence-corrected chi connectivity index (χ1v) is 8.62. The lowest BCUT2D eigenvalue weighted by molar-refractivity contribution is 0.0293. The average Bonchev–Trinajstić information content (AvgIpc) is 3.09. The molecule has 3 aromatic rings. The van der Waals surface area contributed by atoms with Crippen LogP contribution in [-0.2, 0) is 11.2 Å². The molecule has 2 heterocycles. The Hall–Kier alpha value is -2.96. The van der Waals surface area contributed by atoms with Gasteiger partial charge in [-0.1, -0.05) is 42.5 Å². The number of pyridine rings is 1. The molecule has 2 amide bonds. The molecule has 0 spiro atoms. The summed E-state index contributed by atoms with van der Waals surface area (Å²) in [4.78, 5) is 16.6. The van der Waals surface area contributed by atoms with Gasteiger partial charge in [-0.15, -0.1) is 0 Å². The van der Waals surface area contributed by atoms with Crippen molar-refractivity contribution < 1.29 is 9.53 Å². The Kier molecular flexibility index (Phi) is 4.77. The van der Waals surface area contributed by atoms with Crippen LogP contribution < -0.4 is 16.0 Å². The van der Waals surface area contributed by atoms with E-state index in [9.17, 15) is 4.79 Å². The SMILES string of the molecule is O=C(Nc1ccccc1)NC1NCC(Cc2nccc3ccccc23)O1. The molecular formula is C20H20N4O2. The summed E-state index contributed by atoms with van der Waals surface area (Å²) in [5, 5.41) is 11.0. The lowest BCUT2D eigenvalue weighted by Gasteiger charge is -2.15. The fourth-order valence-corrected chi connectivity index (χ4v) is 3.10. The van der Waals surface area contributed by atoms with E-state index in [-0.39, 0.29) is 12.1 Å². The van der Waals surface area contributed by atoms with E-state index in [2.05, 4.69) is 33.1 Å².